The molecule has 2 heterocycles. The Morgan fingerprint density at radius 1 is 0.947 bits per heavy atom. The van der Waals surface area contributed by atoms with E-state index in [0.29, 0.717) is 0 Å². The second-order valence-electron chi connectivity index (χ2n) is 4.14. The molecule has 94 valence electrons. The number of anilines is 1. The van der Waals surface area contributed by atoms with Gasteiger partial charge in [-0.05, 0) is 47.9 Å². The lowest BCUT2D eigenvalue weighted by atomic mass is 10.1. The largest absolute Gasteiger partial charge is 0.457 e. The molecule has 0 fully saturated rings. The van der Waals surface area contributed by atoms with Crippen molar-refractivity contribution in [3.8, 4) is 11.3 Å². The van der Waals surface area contributed by atoms with Crippen LogP contribution in [0.4, 0.5) is 5.69 Å². The van der Waals surface area contributed by atoms with Crippen molar-refractivity contribution in [2.24, 2.45) is 0 Å². The van der Waals surface area contributed by atoms with Crippen LogP contribution in [0.3, 0.4) is 0 Å². The van der Waals surface area contributed by atoms with Crippen LogP contribution >= 0.6 is 11.3 Å². The molecule has 0 saturated carbocycles. The number of hydrogen-bond donors (Lipinski definition) is 1. The van der Waals surface area contributed by atoms with Crippen LogP contribution in [0.5, 0.6) is 0 Å². The molecule has 3 aromatic rings. The summed E-state index contributed by atoms with van der Waals surface area (Å²) < 4.78 is 5.79. The summed E-state index contributed by atoms with van der Waals surface area (Å²) >= 11 is 1.70. The molecule has 0 aliphatic rings. The van der Waals surface area contributed by atoms with Crippen LogP contribution in [-0.4, -0.2) is 0 Å². The van der Waals surface area contributed by atoms with Gasteiger partial charge in [0.25, 0.3) is 0 Å². The molecule has 2 aromatic heterocycles. The summed E-state index contributed by atoms with van der Waals surface area (Å²) in [7, 11) is 0. The third kappa shape index (κ3) is 2.61. The fourth-order valence-corrected chi connectivity index (χ4v) is 2.48. The normalized spacial score (nSPS) is 11.2. The lowest BCUT2D eigenvalue weighted by Gasteiger charge is -2.00. The smallest absolute Gasteiger partial charge is 0.136 e. The molecule has 0 saturated heterocycles. The van der Waals surface area contributed by atoms with Crippen molar-refractivity contribution < 1.29 is 4.42 Å². The van der Waals surface area contributed by atoms with Crippen LogP contribution in [0.2, 0.25) is 0 Å². The van der Waals surface area contributed by atoms with Crippen LogP contribution in [0.1, 0.15) is 10.6 Å². The summed E-state index contributed by atoms with van der Waals surface area (Å²) in [6.07, 6.45) is 4.01. The summed E-state index contributed by atoms with van der Waals surface area (Å²) in [5, 5.41) is 2.05. The summed E-state index contributed by atoms with van der Waals surface area (Å²) in [4.78, 5) is 1.21. The molecule has 1 aromatic carbocycles. The zero-order valence-corrected chi connectivity index (χ0v) is 11.1. The van der Waals surface area contributed by atoms with Gasteiger partial charge >= 0.3 is 0 Å². The van der Waals surface area contributed by atoms with Gasteiger partial charge in [-0.3, -0.25) is 0 Å². The van der Waals surface area contributed by atoms with E-state index in [2.05, 4.69) is 11.4 Å². The molecule has 0 bridgehead atoms. The molecule has 2 nitrogen and oxygen atoms in total. The van der Waals surface area contributed by atoms with Crippen molar-refractivity contribution in [2.45, 2.75) is 0 Å². The highest BCUT2D eigenvalue weighted by atomic mass is 32.1. The maximum Gasteiger partial charge on any atom is 0.136 e. The van der Waals surface area contributed by atoms with Gasteiger partial charge in [0, 0.05) is 16.1 Å². The van der Waals surface area contributed by atoms with Gasteiger partial charge in [0.05, 0.1) is 0 Å². The van der Waals surface area contributed by atoms with E-state index in [9.17, 15) is 0 Å². The number of para-hydroxylation sites is 1. The van der Waals surface area contributed by atoms with E-state index in [1.165, 1.54) is 4.88 Å². The van der Waals surface area contributed by atoms with Crippen molar-refractivity contribution in [1.82, 2.24) is 0 Å². The average molecular weight is 267 g/mol. The molecule has 0 amide bonds. The first-order valence-corrected chi connectivity index (χ1v) is 6.87. The maximum atomic E-state index is 5.94. The first-order valence-electron chi connectivity index (χ1n) is 5.99. The van der Waals surface area contributed by atoms with Crippen molar-refractivity contribution >= 4 is 29.2 Å². The first-order chi connectivity index (χ1) is 9.33. The van der Waals surface area contributed by atoms with Crippen LogP contribution in [-0.2, 0) is 0 Å². The lowest BCUT2D eigenvalue weighted by Crippen LogP contribution is -1.87. The number of nitrogen functional groups attached to an aromatic ring is 1. The van der Waals surface area contributed by atoms with Crippen molar-refractivity contribution in [3.63, 3.8) is 0 Å². The Balaban J connectivity index is 1.86. The van der Waals surface area contributed by atoms with E-state index >= 15 is 0 Å². The number of rotatable bonds is 3. The molecule has 0 unspecified atom stereocenters. The molecule has 0 atom stereocenters. The Hall–Kier alpha value is -2.26. The first kappa shape index (κ1) is 11.8. The van der Waals surface area contributed by atoms with Crippen molar-refractivity contribution in [2.75, 3.05) is 5.73 Å². The molecular weight excluding hydrogens is 254 g/mol. The van der Waals surface area contributed by atoms with Gasteiger partial charge in [-0.2, -0.15) is 0 Å². The van der Waals surface area contributed by atoms with Gasteiger partial charge < -0.3 is 10.2 Å². The highest BCUT2D eigenvalue weighted by Gasteiger charge is 2.05. The molecule has 3 rings (SSSR count). The standard InChI is InChI=1S/C16H13NOS/c17-15-6-2-1-5-14(15)16-10-8-12(18-16)7-9-13-4-3-11-19-13/h1-11H,17H2. The summed E-state index contributed by atoms with van der Waals surface area (Å²) in [5.74, 6) is 1.62. The summed E-state index contributed by atoms with van der Waals surface area (Å²) in [6, 6.07) is 15.7. The Bertz CT molecular complexity index is 695. The van der Waals surface area contributed by atoms with E-state index in [0.717, 1.165) is 22.8 Å². The van der Waals surface area contributed by atoms with E-state index in [1.807, 2.05) is 54.6 Å². The average Bonchev–Trinajstić information content (AvgIpc) is 3.08. The van der Waals surface area contributed by atoms with Gasteiger partial charge in [-0.1, -0.05) is 18.2 Å². The predicted octanol–water partition coefficient (Wildman–Crippen LogP) is 4.76. The summed E-state index contributed by atoms with van der Waals surface area (Å²) in [6.45, 7) is 0. The molecule has 3 heteroatoms. The molecule has 0 aliphatic heterocycles. The third-order valence-corrected chi connectivity index (χ3v) is 3.65. The molecular formula is C16H13NOS. The number of furan rings is 1. The monoisotopic (exact) mass is 267 g/mol. The number of benzene rings is 1. The quantitative estimate of drug-likeness (QED) is 0.695. The van der Waals surface area contributed by atoms with Crippen molar-refractivity contribution in [1.29, 1.82) is 0 Å². The Morgan fingerprint density at radius 3 is 2.63 bits per heavy atom. The van der Waals surface area contributed by atoms with E-state index in [4.69, 9.17) is 10.2 Å². The fourth-order valence-electron chi connectivity index (χ4n) is 1.86. The topological polar surface area (TPSA) is 39.2 Å². The van der Waals surface area contributed by atoms with Gasteiger partial charge in [-0.15, -0.1) is 11.3 Å². The minimum absolute atomic E-state index is 0.727. The minimum Gasteiger partial charge on any atom is -0.457 e. The number of nitrogens with two attached hydrogens (primary N) is 1. The molecule has 0 aliphatic carbocycles. The van der Waals surface area contributed by atoms with Gasteiger partial charge in [0.15, 0.2) is 0 Å². The minimum atomic E-state index is 0.727. The van der Waals surface area contributed by atoms with Crippen LogP contribution in [0, 0.1) is 0 Å². The van der Waals surface area contributed by atoms with E-state index in [1.54, 1.807) is 11.3 Å². The highest BCUT2D eigenvalue weighted by Crippen LogP contribution is 2.28. The fraction of sp³-hybridized carbons (Fsp3) is 0. The third-order valence-electron chi connectivity index (χ3n) is 2.81. The van der Waals surface area contributed by atoms with Crippen molar-refractivity contribution in [3.05, 3.63) is 64.5 Å². The van der Waals surface area contributed by atoms with Crippen LogP contribution in [0.15, 0.2) is 58.3 Å². The van der Waals surface area contributed by atoms with E-state index in [-0.39, 0.29) is 0 Å². The second kappa shape index (κ2) is 5.16. The maximum absolute atomic E-state index is 5.94. The molecule has 2 N–H and O–H groups in total. The zero-order valence-electron chi connectivity index (χ0n) is 10.2. The SMILES string of the molecule is Nc1ccccc1-c1ccc(C=Cc2cccs2)o1. The van der Waals surface area contributed by atoms with Gasteiger partial charge in [0.1, 0.15) is 11.5 Å². The Morgan fingerprint density at radius 2 is 1.84 bits per heavy atom. The Labute approximate surface area is 115 Å². The number of thiophene rings is 1. The summed E-state index contributed by atoms with van der Waals surface area (Å²) in [5.41, 5.74) is 7.59. The lowest BCUT2D eigenvalue weighted by molar-refractivity contribution is 0.572. The van der Waals surface area contributed by atoms with Crippen LogP contribution < -0.4 is 5.73 Å². The molecule has 19 heavy (non-hydrogen) atoms. The molecule has 0 radical (unpaired) electrons. The van der Waals surface area contributed by atoms with Crippen LogP contribution in [0.25, 0.3) is 23.5 Å². The zero-order chi connectivity index (χ0) is 13.1. The second-order valence-corrected chi connectivity index (χ2v) is 5.12. The molecule has 0 spiro atoms. The number of hydrogen-bond acceptors (Lipinski definition) is 3. The highest BCUT2D eigenvalue weighted by molar-refractivity contribution is 7.10. The van der Waals surface area contributed by atoms with Gasteiger partial charge in [0.2, 0.25) is 0 Å². The predicted molar refractivity (Wildman–Crippen MR) is 81.8 cm³/mol. The van der Waals surface area contributed by atoms with E-state index < -0.39 is 0 Å². The van der Waals surface area contributed by atoms with Gasteiger partial charge in [-0.25, -0.2) is 0 Å². The Kier molecular flexibility index (Phi) is 3.21.